The number of carbonyl (C=O) groups is 1. The number of likely N-dealkylation sites (N-methyl/N-ethyl adjacent to an activating group) is 1. The van der Waals surface area contributed by atoms with Crippen molar-refractivity contribution in [1.82, 2.24) is 9.80 Å². The molecule has 5 heteroatoms. The maximum absolute atomic E-state index is 11.4. The molecule has 1 aromatic rings. The lowest BCUT2D eigenvalue weighted by Gasteiger charge is -2.34. The zero-order valence-electron chi connectivity index (χ0n) is 13.9. The van der Waals surface area contributed by atoms with Gasteiger partial charge in [0.15, 0.2) is 0 Å². The van der Waals surface area contributed by atoms with E-state index in [2.05, 4.69) is 22.9 Å². The predicted molar refractivity (Wildman–Crippen MR) is 90.2 cm³/mol. The minimum Gasteiger partial charge on any atom is -0.374 e. The molecule has 1 aliphatic carbocycles. The summed E-state index contributed by atoms with van der Waals surface area (Å²) in [5.74, 6) is 0.466. The number of nitrogens with two attached hydrogens (primary N) is 1. The molecule has 1 saturated heterocycles. The number of nitrogens with zero attached hydrogens (tertiary/aromatic N) is 2. The van der Waals surface area contributed by atoms with Crippen LogP contribution in [0, 0.1) is 5.92 Å². The first-order chi connectivity index (χ1) is 11.1. The minimum atomic E-state index is -0.363. The molecule has 23 heavy (non-hydrogen) atoms. The Balaban J connectivity index is 1.63. The van der Waals surface area contributed by atoms with Gasteiger partial charge in [-0.1, -0.05) is 12.1 Å². The Morgan fingerprint density at radius 1 is 1.39 bits per heavy atom. The molecule has 0 aromatic heterocycles. The highest BCUT2D eigenvalue weighted by Gasteiger charge is 2.27. The highest BCUT2D eigenvalue weighted by Crippen LogP contribution is 2.30. The zero-order chi connectivity index (χ0) is 16.2. The van der Waals surface area contributed by atoms with Gasteiger partial charge in [-0.05, 0) is 43.5 Å². The maximum atomic E-state index is 11.4. The summed E-state index contributed by atoms with van der Waals surface area (Å²) in [4.78, 5) is 16.2. The summed E-state index contributed by atoms with van der Waals surface area (Å²) >= 11 is 0. The molecule has 0 bridgehead atoms. The van der Waals surface area contributed by atoms with Gasteiger partial charge >= 0.3 is 0 Å². The van der Waals surface area contributed by atoms with Crippen molar-refractivity contribution >= 4 is 5.91 Å². The van der Waals surface area contributed by atoms with Crippen molar-refractivity contribution in [1.29, 1.82) is 0 Å². The van der Waals surface area contributed by atoms with Crippen LogP contribution in [0.25, 0.3) is 0 Å². The van der Waals surface area contributed by atoms with Gasteiger partial charge in [0, 0.05) is 38.3 Å². The summed E-state index contributed by atoms with van der Waals surface area (Å²) in [6.45, 7) is 5.73. The molecule has 1 aliphatic heterocycles. The Morgan fingerprint density at radius 2 is 2.22 bits per heavy atom. The van der Waals surface area contributed by atoms with Crippen molar-refractivity contribution in [2.75, 3.05) is 39.8 Å². The summed E-state index contributed by atoms with van der Waals surface area (Å²) in [6.07, 6.45) is 2.94. The molecule has 3 rings (SSSR count). The second-order valence-corrected chi connectivity index (χ2v) is 6.96. The first-order valence-electron chi connectivity index (χ1n) is 8.51. The van der Waals surface area contributed by atoms with Crippen LogP contribution in [0.2, 0.25) is 0 Å². The van der Waals surface area contributed by atoms with E-state index in [4.69, 9.17) is 10.5 Å². The molecule has 1 amide bonds. The third-order valence-electron chi connectivity index (χ3n) is 4.63. The second kappa shape index (κ2) is 7.43. The average molecular weight is 317 g/mol. The molecule has 2 N–H and O–H groups in total. The monoisotopic (exact) mass is 317 g/mol. The second-order valence-electron chi connectivity index (χ2n) is 6.96. The quantitative estimate of drug-likeness (QED) is 0.824. The number of primary amides is 1. The standard InChI is InChI=1S/C18H27N3O2/c1-20-7-8-23-17(12-20)13-21(10-14-5-6-14)11-15-3-2-4-16(9-15)18(19)22/h2-4,9,14,17H,5-8,10-13H2,1H3,(H2,19,22). The molecular weight excluding hydrogens is 290 g/mol. The summed E-state index contributed by atoms with van der Waals surface area (Å²) in [5, 5.41) is 0. The summed E-state index contributed by atoms with van der Waals surface area (Å²) in [5.41, 5.74) is 7.12. The Labute approximate surface area is 138 Å². The number of ether oxygens (including phenoxy) is 1. The van der Waals surface area contributed by atoms with Crippen LogP contribution in [0.1, 0.15) is 28.8 Å². The van der Waals surface area contributed by atoms with E-state index in [0.29, 0.717) is 5.56 Å². The predicted octanol–water partition coefficient (Wildman–Crippen LogP) is 1.33. The minimum absolute atomic E-state index is 0.270. The van der Waals surface area contributed by atoms with E-state index in [-0.39, 0.29) is 12.0 Å². The van der Waals surface area contributed by atoms with Crippen LogP contribution in [-0.4, -0.2) is 61.6 Å². The summed E-state index contributed by atoms with van der Waals surface area (Å²) in [7, 11) is 2.15. The van der Waals surface area contributed by atoms with Gasteiger partial charge in [-0.25, -0.2) is 0 Å². The topological polar surface area (TPSA) is 58.8 Å². The average Bonchev–Trinajstić information content (AvgIpc) is 3.31. The van der Waals surface area contributed by atoms with Crippen LogP contribution in [0.15, 0.2) is 24.3 Å². The lowest BCUT2D eigenvalue weighted by Crippen LogP contribution is -2.46. The summed E-state index contributed by atoms with van der Waals surface area (Å²) in [6, 6.07) is 7.67. The molecule has 126 valence electrons. The highest BCUT2D eigenvalue weighted by atomic mass is 16.5. The fourth-order valence-electron chi connectivity index (χ4n) is 3.22. The zero-order valence-corrected chi connectivity index (χ0v) is 13.9. The van der Waals surface area contributed by atoms with Gasteiger partial charge in [-0.15, -0.1) is 0 Å². The van der Waals surface area contributed by atoms with E-state index >= 15 is 0 Å². The largest absolute Gasteiger partial charge is 0.374 e. The molecule has 1 atom stereocenters. The molecule has 2 aliphatic rings. The van der Waals surface area contributed by atoms with Crippen LogP contribution in [0.3, 0.4) is 0 Å². The normalized spacial score (nSPS) is 22.4. The van der Waals surface area contributed by atoms with Crippen molar-refractivity contribution in [2.24, 2.45) is 11.7 Å². The number of hydrogen-bond donors (Lipinski definition) is 1. The fraction of sp³-hybridized carbons (Fsp3) is 0.611. The SMILES string of the molecule is CN1CCOC(CN(Cc2cccc(C(N)=O)c2)CC2CC2)C1. The third-order valence-corrected chi connectivity index (χ3v) is 4.63. The Morgan fingerprint density at radius 3 is 2.91 bits per heavy atom. The maximum Gasteiger partial charge on any atom is 0.248 e. The van der Waals surface area contributed by atoms with Crippen LogP contribution >= 0.6 is 0 Å². The lowest BCUT2D eigenvalue weighted by molar-refractivity contribution is -0.0372. The van der Waals surface area contributed by atoms with Crippen molar-refractivity contribution < 1.29 is 9.53 Å². The van der Waals surface area contributed by atoms with Gasteiger partial charge in [-0.3, -0.25) is 9.69 Å². The Bertz CT molecular complexity index is 545. The van der Waals surface area contributed by atoms with Gasteiger partial charge in [0.25, 0.3) is 0 Å². The van der Waals surface area contributed by atoms with E-state index in [1.165, 1.54) is 12.8 Å². The number of hydrogen-bond acceptors (Lipinski definition) is 4. The molecule has 1 saturated carbocycles. The van der Waals surface area contributed by atoms with Crippen LogP contribution < -0.4 is 5.73 Å². The number of carbonyl (C=O) groups excluding carboxylic acids is 1. The van der Waals surface area contributed by atoms with E-state index < -0.39 is 0 Å². The van der Waals surface area contributed by atoms with Gasteiger partial charge < -0.3 is 15.4 Å². The van der Waals surface area contributed by atoms with E-state index in [1.807, 2.05) is 12.1 Å². The lowest BCUT2D eigenvalue weighted by atomic mass is 10.1. The van der Waals surface area contributed by atoms with Crippen LogP contribution in [0.4, 0.5) is 0 Å². The first kappa shape index (κ1) is 16.4. The summed E-state index contributed by atoms with van der Waals surface area (Å²) < 4.78 is 5.92. The van der Waals surface area contributed by atoms with Crippen LogP contribution in [0.5, 0.6) is 0 Å². The molecule has 0 spiro atoms. The molecule has 5 nitrogen and oxygen atoms in total. The van der Waals surface area contributed by atoms with E-state index in [9.17, 15) is 4.79 Å². The third kappa shape index (κ3) is 5.03. The number of morpholine rings is 1. The fourth-order valence-corrected chi connectivity index (χ4v) is 3.22. The smallest absolute Gasteiger partial charge is 0.248 e. The molecule has 0 radical (unpaired) electrons. The van der Waals surface area contributed by atoms with Gasteiger partial charge in [0.2, 0.25) is 5.91 Å². The van der Waals surface area contributed by atoms with Crippen LogP contribution in [-0.2, 0) is 11.3 Å². The van der Waals surface area contributed by atoms with Crippen molar-refractivity contribution in [3.8, 4) is 0 Å². The number of rotatable bonds is 7. The molecule has 1 aromatic carbocycles. The van der Waals surface area contributed by atoms with E-state index in [1.54, 1.807) is 6.07 Å². The number of benzene rings is 1. The van der Waals surface area contributed by atoms with Crippen molar-refractivity contribution in [2.45, 2.75) is 25.5 Å². The van der Waals surface area contributed by atoms with Crippen molar-refractivity contribution in [3.05, 3.63) is 35.4 Å². The molecular formula is C18H27N3O2. The van der Waals surface area contributed by atoms with E-state index in [0.717, 1.165) is 50.8 Å². The number of amides is 1. The first-order valence-corrected chi connectivity index (χ1v) is 8.51. The Kier molecular flexibility index (Phi) is 5.30. The molecule has 2 fully saturated rings. The molecule has 1 unspecified atom stereocenters. The molecule has 1 heterocycles. The van der Waals surface area contributed by atoms with Gasteiger partial charge in [0.1, 0.15) is 0 Å². The van der Waals surface area contributed by atoms with Gasteiger partial charge in [-0.2, -0.15) is 0 Å². The highest BCUT2D eigenvalue weighted by molar-refractivity contribution is 5.92. The van der Waals surface area contributed by atoms with Crippen molar-refractivity contribution in [3.63, 3.8) is 0 Å². The van der Waals surface area contributed by atoms with Gasteiger partial charge in [0.05, 0.1) is 12.7 Å². The Hall–Kier alpha value is -1.43.